The fraction of sp³-hybridized carbons (Fsp3) is 0.926. The highest BCUT2D eigenvalue weighted by atomic mass is 31.2. The number of carbonyl (C=O) groups is 2. The zero-order chi connectivity index (χ0) is 66.2. The molecular weight excluding hydrogens is 1150 g/mol. The van der Waals surface area contributed by atoms with Gasteiger partial charge in [0.1, 0.15) is 19.8 Å². The summed E-state index contributed by atoms with van der Waals surface area (Å²) in [5.74, 6) is -0.808. The molecule has 0 radical (unpaired) electrons. The lowest BCUT2D eigenvalue weighted by molar-refractivity contribution is -0.870. The minimum atomic E-state index is -4.64. The Morgan fingerprint density at radius 1 is 0.341 bits per heavy atom. The standard InChI is InChI=1S/C81H158NO8P/c1-6-8-10-12-14-16-18-20-22-24-26-28-30-32-34-35-36-37-38-39-40-41-42-43-44-45-46-48-49-51-53-55-57-59-61-63-65-67-69-71-73-80(83)87-77-79(78-89-91(85,86)88-76-75-82(3,4)5)90-81(84)74-72-70-68-66-64-62-60-58-56-54-52-50-47-33-31-29-27-25-23-21-19-17-15-13-11-9-7-2/h19,21,25,27,79H,6-18,20,22-24,26,28-78H2,1-5H3/b21-19-,27-25-. The molecule has 0 aliphatic carbocycles. The van der Waals surface area contributed by atoms with E-state index in [2.05, 4.69) is 38.2 Å². The van der Waals surface area contributed by atoms with Crippen LogP contribution in [0.15, 0.2) is 24.3 Å². The second-order valence-electron chi connectivity index (χ2n) is 29.1. The topological polar surface area (TPSA) is 111 Å². The first kappa shape index (κ1) is 89.5. The highest BCUT2D eigenvalue weighted by molar-refractivity contribution is 7.45. The quantitative estimate of drug-likeness (QED) is 0.0195. The summed E-state index contributed by atoms with van der Waals surface area (Å²) in [5.41, 5.74) is 0. The molecule has 0 aromatic carbocycles. The number of quaternary nitrogens is 1. The summed E-state index contributed by atoms with van der Waals surface area (Å²) in [6.45, 7) is 4.32. The average molecular weight is 1310 g/mol. The van der Waals surface area contributed by atoms with Crippen molar-refractivity contribution in [1.29, 1.82) is 0 Å². The molecule has 0 N–H and O–H groups in total. The number of hydrogen-bond donors (Lipinski definition) is 0. The van der Waals surface area contributed by atoms with Crippen molar-refractivity contribution < 1.29 is 42.1 Å². The average Bonchev–Trinajstić information content (AvgIpc) is 3.74. The highest BCUT2D eigenvalue weighted by Crippen LogP contribution is 2.38. The fourth-order valence-corrected chi connectivity index (χ4v) is 13.2. The molecule has 10 heteroatoms. The van der Waals surface area contributed by atoms with E-state index in [-0.39, 0.29) is 32.0 Å². The number of hydrogen-bond acceptors (Lipinski definition) is 8. The number of carbonyl (C=O) groups excluding carboxylic acids is 2. The second-order valence-corrected chi connectivity index (χ2v) is 30.6. The minimum absolute atomic E-state index is 0.0272. The van der Waals surface area contributed by atoms with Crippen molar-refractivity contribution in [3.05, 3.63) is 24.3 Å². The van der Waals surface area contributed by atoms with Gasteiger partial charge in [-0.25, -0.2) is 0 Å². The summed E-state index contributed by atoms with van der Waals surface area (Å²) in [5, 5.41) is 0. The molecule has 9 nitrogen and oxygen atoms in total. The molecule has 0 aromatic heterocycles. The van der Waals surface area contributed by atoms with E-state index in [0.717, 1.165) is 38.5 Å². The molecule has 0 spiro atoms. The van der Waals surface area contributed by atoms with Crippen LogP contribution in [0, 0.1) is 0 Å². The molecule has 0 saturated heterocycles. The number of allylic oxidation sites excluding steroid dienone is 4. The molecule has 0 rings (SSSR count). The summed E-state index contributed by atoms with van der Waals surface area (Å²) in [6.07, 6.45) is 93.2. The van der Waals surface area contributed by atoms with Gasteiger partial charge in [-0.3, -0.25) is 14.2 Å². The second kappa shape index (κ2) is 72.8. The van der Waals surface area contributed by atoms with Crippen LogP contribution in [0.4, 0.5) is 0 Å². The van der Waals surface area contributed by atoms with Gasteiger partial charge in [0, 0.05) is 12.8 Å². The maximum absolute atomic E-state index is 12.9. The third kappa shape index (κ3) is 77.4. The van der Waals surface area contributed by atoms with Crippen LogP contribution >= 0.6 is 7.82 Å². The van der Waals surface area contributed by atoms with E-state index in [4.69, 9.17) is 18.5 Å². The number of nitrogens with zero attached hydrogens (tertiary/aromatic N) is 1. The van der Waals surface area contributed by atoms with Crippen LogP contribution in [0.1, 0.15) is 431 Å². The van der Waals surface area contributed by atoms with Crippen LogP contribution in [-0.2, 0) is 32.7 Å². The Kier molecular flexibility index (Phi) is 71.5. The summed E-state index contributed by atoms with van der Waals surface area (Å²) < 4.78 is 34.4. The monoisotopic (exact) mass is 1300 g/mol. The molecule has 2 atom stereocenters. The highest BCUT2D eigenvalue weighted by Gasteiger charge is 2.22. The first-order chi connectivity index (χ1) is 44.5. The van der Waals surface area contributed by atoms with Gasteiger partial charge in [-0.05, 0) is 44.9 Å². The zero-order valence-corrected chi connectivity index (χ0v) is 62.7. The van der Waals surface area contributed by atoms with Gasteiger partial charge in [0.2, 0.25) is 0 Å². The Balaban J connectivity index is 3.86. The number of phosphoric acid groups is 1. The van der Waals surface area contributed by atoms with E-state index >= 15 is 0 Å². The molecule has 2 unspecified atom stereocenters. The van der Waals surface area contributed by atoms with Crippen molar-refractivity contribution >= 4 is 19.8 Å². The lowest BCUT2D eigenvalue weighted by Crippen LogP contribution is -2.37. The summed E-state index contributed by atoms with van der Waals surface area (Å²) >= 11 is 0. The Morgan fingerprint density at radius 2 is 0.593 bits per heavy atom. The van der Waals surface area contributed by atoms with Gasteiger partial charge in [-0.15, -0.1) is 0 Å². The summed E-state index contributed by atoms with van der Waals surface area (Å²) in [4.78, 5) is 38.2. The molecule has 0 saturated carbocycles. The fourth-order valence-electron chi connectivity index (χ4n) is 12.5. The van der Waals surface area contributed by atoms with Crippen LogP contribution in [0.25, 0.3) is 0 Å². The zero-order valence-electron chi connectivity index (χ0n) is 61.8. The molecule has 540 valence electrons. The molecule has 0 aliphatic heterocycles. The SMILES string of the molecule is CCCCCCC/C=C\C/C=C\CCCCCCCCCCCCCCCCCC(=O)OC(COC(=O)CCCCCCCCCCCCCCCCCCCCCCCCCCCCCCCCCCCCCCCCCC)COP(=O)([O-])OCC[N+](C)(C)C. The molecule has 0 aromatic rings. The number of rotatable bonds is 77. The van der Waals surface area contributed by atoms with Crippen LogP contribution in [0.5, 0.6) is 0 Å². The predicted octanol–water partition coefficient (Wildman–Crippen LogP) is 26.2. The molecular formula is C81H158NO8P. The van der Waals surface area contributed by atoms with Crippen molar-refractivity contribution in [1.82, 2.24) is 0 Å². The number of unbranched alkanes of at least 4 members (excludes halogenated alkanes) is 59. The summed E-state index contributed by atoms with van der Waals surface area (Å²) in [7, 11) is 1.19. The van der Waals surface area contributed by atoms with Crippen LogP contribution in [0.2, 0.25) is 0 Å². The smallest absolute Gasteiger partial charge is 0.306 e. The molecule has 0 heterocycles. The van der Waals surface area contributed by atoms with Crippen molar-refractivity contribution in [2.24, 2.45) is 0 Å². The van der Waals surface area contributed by atoms with E-state index in [0.29, 0.717) is 17.4 Å². The maximum Gasteiger partial charge on any atom is 0.306 e. The molecule has 0 amide bonds. The van der Waals surface area contributed by atoms with Gasteiger partial charge in [0.05, 0.1) is 27.7 Å². The normalized spacial score (nSPS) is 13.1. The lowest BCUT2D eigenvalue weighted by atomic mass is 10.0. The third-order valence-corrected chi connectivity index (χ3v) is 19.7. The van der Waals surface area contributed by atoms with Gasteiger partial charge in [0.15, 0.2) is 6.10 Å². The predicted molar refractivity (Wildman–Crippen MR) is 393 cm³/mol. The Labute approximate surface area is 568 Å². The molecule has 0 fully saturated rings. The van der Waals surface area contributed by atoms with Crippen LogP contribution in [-0.4, -0.2) is 70.0 Å². The van der Waals surface area contributed by atoms with Gasteiger partial charge < -0.3 is 27.9 Å². The maximum atomic E-state index is 12.9. The van der Waals surface area contributed by atoms with E-state index in [9.17, 15) is 19.0 Å². The van der Waals surface area contributed by atoms with Crippen LogP contribution < -0.4 is 4.89 Å². The number of esters is 2. The molecule has 0 aliphatic rings. The van der Waals surface area contributed by atoms with Crippen LogP contribution in [0.3, 0.4) is 0 Å². The van der Waals surface area contributed by atoms with Crippen molar-refractivity contribution in [2.75, 3.05) is 47.5 Å². The van der Waals surface area contributed by atoms with Crippen molar-refractivity contribution in [3.63, 3.8) is 0 Å². The van der Waals surface area contributed by atoms with Crippen molar-refractivity contribution in [3.8, 4) is 0 Å². The summed E-state index contributed by atoms with van der Waals surface area (Å²) in [6, 6.07) is 0. The molecule has 0 bridgehead atoms. The third-order valence-electron chi connectivity index (χ3n) is 18.7. The first-order valence-electron chi connectivity index (χ1n) is 40.5. The van der Waals surface area contributed by atoms with Gasteiger partial charge in [-0.2, -0.15) is 0 Å². The number of ether oxygens (including phenoxy) is 2. The Morgan fingerprint density at radius 3 is 0.868 bits per heavy atom. The molecule has 91 heavy (non-hydrogen) atoms. The number of phosphoric ester groups is 1. The Bertz CT molecular complexity index is 1580. The number of likely N-dealkylation sites (N-methyl/N-ethyl adjacent to an activating group) is 1. The van der Waals surface area contributed by atoms with E-state index < -0.39 is 26.5 Å². The minimum Gasteiger partial charge on any atom is -0.756 e. The Hall–Kier alpha value is -1.51. The largest absolute Gasteiger partial charge is 0.756 e. The van der Waals surface area contributed by atoms with Gasteiger partial charge in [0.25, 0.3) is 7.82 Å². The van der Waals surface area contributed by atoms with E-state index in [1.807, 2.05) is 21.1 Å². The van der Waals surface area contributed by atoms with Crippen molar-refractivity contribution in [2.45, 2.75) is 437 Å². The van der Waals surface area contributed by atoms with Gasteiger partial charge in [-0.1, -0.05) is 398 Å². The van der Waals surface area contributed by atoms with E-state index in [1.165, 1.54) is 360 Å². The van der Waals surface area contributed by atoms with Gasteiger partial charge >= 0.3 is 11.9 Å². The first-order valence-corrected chi connectivity index (χ1v) is 42.0. The van der Waals surface area contributed by atoms with E-state index in [1.54, 1.807) is 0 Å². The lowest BCUT2D eigenvalue weighted by Gasteiger charge is -2.28.